The first-order valence-electron chi connectivity index (χ1n) is 0. The maximum Gasteiger partial charge on any atom is 2.00 e. The second-order valence-electron chi connectivity index (χ2n) is 0. The first-order chi connectivity index (χ1) is 0. The van der Waals surface area contributed by atoms with Crippen molar-refractivity contribution in [2.45, 2.75) is 0 Å². The largest absolute Gasteiger partial charge is 2.00 e. The van der Waals surface area contributed by atoms with E-state index in [0.29, 0.717) is 0 Å². The summed E-state index contributed by atoms with van der Waals surface area (Å²) in [6.07, 6.45) is 0. The molecular formula is H2BiInMgZn. The minimum Gasteiger partial charge on any atom is -1.00 e. The molecule has 0 aromatic heterocycles. The van der Waals surface area contributed by atoms with Crippen molar-refractivity contribution in [1.29, 1.82) is 0 Å². The SMILES string of the molecule is [Bi].[H-].[H-].[In].[Mg+2].[Zn]. The summed E-state index contributed by atoms with van der Waals surface area (Å²) in [7, 11) is 0. The Labute approximate surface area is 95.6 Å². The molecule has 0 bridgehead atoms. The first kappa shape index (κ1) is 27.3. The van der Waals surface area contributed by atoms with Gasteiger partial charge in [0.05, 0.1) is 0 Å². The van der Waals surface area contributed by atoms with Crippen LogP contribution in [0.3, 0.4) is 0 Å². The van der Waals surface area contributed by atoms with E-state index in [4.69, 9.17) is 0 Å². The van der Waals surface area contributed by atoms with E-state index < -0.39 is 0 Å². The van der Waals surface area contributed by atoms with Gasteiger partial charge in [-0.1, -0.05) is 0 Å². The fourth-order valence-corrected chi connectivity index (χ4v) is 0. The molecule has 0 aliphatic heterocycles. The van der Waals surface area contributed by atoms with Gasteiger partial charge in [0.2, 0.25) is 0 Å². The summed E-state index contributed by atoms with van der Waals surface area (Å²) in [5, 5.41) is 0. The molecule has 0 saturated heterocycles. The van der Waals surface area contributed by atoms with Crippen molar-refractivity contribution in [2.24, 2.45) is 0 Å². The topological polar surface area (TPSA) is 0 Å². The van der Waals surface area contributed by atoms with Crippen molar-refractivity contribution in [1.82, 2.24) is 0 Å². The van der Waals surface area contributed by atoms with Gasteiger partial charge in [-0.3, -0.25) is 0 Å². The van der Waals surface area contributed by atoms with Crippen LogP contribution in [0, 0.1) is 0 Å². The first-order valence-corrected chi connectivity index (χ1v) is 0. The molecule has 0 atom stereocenters. The summed E-state index contributed by atoms with van der Waals surface area (Å²) in [5.41, 5.74) is 0. The van der Waals surface area contributed by atoms with E-state index in [1.165, 1.54) is 0 Å². The minimum absolute atomic E-state index is 0. The van der Waals surface area contributed by atoms with E-state index in [1.807, 2.05) is 0 Å². The molecule has 0 saturated carbocycles. The molecule has 4 heteroatoms. The minimum atomic E-state index is 0. The average Bonchev–Trinajstić information content (AvgIpc) is 0. The van der Waals surface area contributed by atoms with E-state index in [9.17, 15) is 0 Å². The van der Waals surface area contributed by atoms with Crippen molar-refractivity contribution in [2.75, 3.05) is 0 Å². The Morgan fingerprint density at radius 3 is 1.25 bits per heavy atom. The monoisotopic (exact) mass is 414 g/mol. The quantitative estimate of drug-likeness (QED) is 0.449. The molecule has 6 radical (unpaired) electrons. The Balaban J connectivity index is 0. The van der Waals surface area contributed by atoms with Crippen LogP contribution in [0.5, 0.6) is 0 Å². The van der Waals surface area contributed by atoms with Gasteiger partial charge in [-0.25, -0.2) is 0 Å². The molecule has 14 valence electrons. The van der Waals surface area contributed by atoms with Crippen molar-refractivity contribution >= 4 is 75.1 Å². The Bertz CT molecular complexity index is 13.5. The molecule has 0 aliphatic carbocycles. The Morgan fingerprint density at radius 2 is 1.25 bits per heavy atom. The van der Waals surface area contributed by atoms with Gasteiger partial charge >= 0.3 is 23.1 Å². The zero-order chi connectivity index (χ0) is 0. The van der Waals surface area contributed by atoms with Gasteiger partial charge in [0.15, 0.2) is 0 Å². The third-order valence-electron chi connectivity index (χ3n) is 0. The van der Waals surface area contributed by atoms with E-state index in [-0.39, 0.29) is 97.4 Å². The van der Waals surface area contributed by atoms with E-state index in [1.54, 1.807) is 0 Å². The molecule has 0 nitrogen and oxygen atoms in total. The van der Waals surface area contributed by atoms with Gasteiger partial charge < -0.3 is 2.85 Å². The van der Waals surface area contributed by atoms with Gasteiger partial charge in [0, 0.05) is 71.5 Å². The van der Waals surface area contributed by atoms with E-state index in [2.05, 4.69) is 0 Å². The molecule has 4 heavy (non-hydrogen) atoms. The predicted octanol–water partition coefficient (Wildman–Crippen LogP) is -0.920. The van der Waals surface area contributed by atoms with Crippen LogP contribution in [-0.2, 0) is 19.5 Å². The van der Waals surface area contributed by atoms with Crippen LogP contribution >= 0.6 is 0 Å². The summed E-state index contributed by atoms with van der Waals surface area (Å²) in [6, 6.07) is 0. The molecule has 0 amide bonds. The Kier molecular flexibility index (Phi) is 112. The fourth-order valence-electron chi connectivity index (χ4n) is 0. The summed E-state index contributed by atoms with van der Waals surface area (Å²) in [6.45, 7) is 0. The summed E-state index contributed by atoms with van der Waals surface area (Å²) in [5.74, 6) is 0. The predicted molar refractivity (Wildman–Crippen MR) is 19.5 cm³/mol. The molecule has 0 aromatic carbocycles. The molecule has 0 heterocycles. The van der Waals surface area contributed by atoms with Crippen LogP contribution < -0.4 is 0 Å². The van der Waals surface area contributed by atoms with Crippen molar-refractivity contribution in [3.05, 3.63) is 0 Å². The van der Waals surface area contributed by atoms with Crippen LogP contribution in [0.15, 0.2) is 0 Å². The molecule has 0 aromatic rings. The zero-order valence-corrected chi connectivity index (χ0v) is 13.6. The van der Waals surface area contributed by atoms with Crippen LogP contribution in [0.25, 0.3) is 0 Å². The van der Waals surface area contributed by atoms with Gasteiger partial charge in [-0.2, -0.15) is 0 Å². The third kappa shape index (κ3) is 8.94. The van der Waals surface area contributed by atoms with E-state index >= 15 is 0 Å². The van der Waals surface area contributed by atoms with Crippen molar-refractivity contribution in [3.8, 4) is 0 Å². The summed E-state index contributed by atoms with van der Waals surface area (Å²) < 4.78 is 0. The van der Waals surface area contributed by atoms with Crippen molar-refractivity contribution in [3.63, 3.8) is 0 Å². The van der Waals surface area contributed by atoms with Crippen LogP contribution in [-0.4, -0.2) is 75.1 Å². The molecule has 0 rings (SSSR count). The van der Waals surface area contributed by atoms with Crippen LogP contribution in [0.2, 0.25) is 0 Å². The van der Waals surface area contributed by atoms with Gasteiger partial charge in [0.1, 0.15) is 0 Å². The van der Waals surface area contributed by atoms with Gasteiger partial charge in [0.25, 0.3) is 0 Å². The second-order valence-corrected chi connectivity index (χ2v) is 0. The third-order valence-corrected chi connectivity index (χ3v) is 0. The summed E-state index contributed by atoms with van der Waals surface area (Å²) in [4.78, 5) is 0. The van der Waals surface area contributed by atoms with Gasteiger partial charge in [-0.05, 0) is 0 Å². The van der Waals surface area contributed by atoms with Crippen LogP contribution in [0.1, 0.15) is 2.85 Å². The van der Waals surface area contributed by atoms with Crippen LogP contribution in [0.4, 0.5) is 0 Å². The maximum atomic E-state index is 0. The Morgan fingerprint density at radius 1 is 1.25 bits per heavy atom. The molecule has 0 aliphatic rings. The normalized spacial score (nSPS) is 0. The molecular weight excluding hydrogens is 413 g/mol. The Hall–Kier alpha value is 3.14. The summed E-state index contributed by atoms with van der Waals surface area (Å²) >= 11 is 0. The fraction of sp³-hybridized carbons (Fsp3) is 0. The standard InChI is InChI=1S/Bi.In.Mg.Zn.2H/q;;+2;;2*-1. The second kappa shape index (κ2) is 16.4. The molecule has 0 unspecified atom stereocenters. The molecule has 0 spiro atoms. The zero-order valence-electron chi connectivity index (χ0n) is 4.44. The van der Waals surface area contributed by atoms with E-state index in [0.717, 1.165) is 0 Å². The number of hydrogen-bond donors (Lipinski definition) is 0. The molecule has 0 fully saturated rings. The number of hydrogen-bond acceptors (Lipinski definition) is 0. The molecule has 0 N–H and O–H groups in total. The van der Waals surface area contributed by atoms with Gasteiger partial charge in [-0.15, -0.1) is 0 Å². The maximum absolute atomic E-state index is 0. The average molecular weight is 416 g/mol. The van der Waals surface area contributed by atoms with Crippen molar-refractivity contribution < 1.29 is 22.3 Å². The number of rotatable bonds is 0. The smallest absolute Gasteiger partial charge is 1.00 e.